The van der Waals surface area contributed by atoms with Crippen molar-refractivity contribution in [3.05, 3.63) is 48.6 Å². The van der Waals surface area contributed by atoms with Crippen molar-refractivity contribution in [2.45, 2.75) is 385 Å². The van der Waals surface area contributed by atoms with Crippen LogP contribution in [0.15, 0.2) is 48.6 Å². The highest BCUT2D eigenvalue weighted by molar-refractivity contribution is 5.76. The van der Waals surface area contributed by atoms with Crippen molar-refractivity contribution < 1.29 is 20.1 Å². The largest absolute Gasteiger partial charge is 0.394 e. The summed E-state index contributed by atoms with van der Waals surface area (Å²) in [4.78, 5) is 12.6. The Morgan fingerprint density at radius 2 is 0.573 bits per heavy atom. The second-order valence-electron chi connectivity index (χ2n) is 23.4. The molecule has 1 amide bonds. The van der Waals surface area contributed by atoms with Crippen molar-refractivity contribution in [1.82, 2.24) is 5.32 Å². The fraction of sp³-hybridized carbons (Fsp3) is 0.871. The summed E-state index contributed by atoms with van der Waals surface area (Å²) in [5, 5.41) is 33.6. The van der Waals surface area contributed by atoms with Crippen LogP contribution in [0.25, 0.3) is 0 Å². The minimum atomic E-state index is -0.962. The van der Waals surface area contributed by atoms with Crippen LogP contribution in [-0.2, 0) is 4.79 Å². The quantitative estimate of drug-likeness (QED) is 0.0361. The maximum Gasteiger partial charge on any atom is 0.222 e. The second kappa shape index (κ2) is 64.8. The lowest BCUT2D eigenvalue weighted by molar-refractivity contribution is -0.124. The predicted molar refractivity (Wildman–Crippen MR) is 333 cm³/mol. The summed E-state index contributed by atoms with van der Waals surface area (Å²) < 4.78 is 0. The van der Waals surface area contributed by atoms with Gasteiger partial charge < -0.3 is 20.6 Å². The lowest BCUT2D eigenvalue weighted by atomic mass is 10.0. The van der Waals surface area contributed by atoms with E-state index in [1.165, 1.54) is 302 Å². The van der Waals surface area contributed by atoms with Gasteiger partial charge in [-0.2, -0.15) is 0 Å². The number of nitrogens with one attached hydrogen (secondary N) is 1. The van der Waals surface area contributed by atoms with E-state index in [2.05, 4.69) is 55.6 Å². The monoisotopic (exact) mass is 1050 g/mol. The first-order chi connectivity index (χ1) is 37.0. The van der Waals surface area contributed by atoms with Gasteiger partial charge in [-0.05, 0) is 70.6 Å². The zero-order valence-corrected chi connectivity index (χ0v) is 50.7. The standard InChI is InChI=1S/C70H133NO4/c1-3-5-7-9-11-13-15-17-19-21-23-25-27-29-30-31-32-33-34-35-36-37-38-40-41-43-45-47-49-51-53-55-57-59-61-63-67(73)65-70(75)71-68(66-72)69(74)64-62-60-58-56-54-52-50-48-46-44-42-39-28-26-24-22-20-18-16-14-12-10-8-6-4-2/h33-34,46,48,54,56,62,64,67-69,72-74H,3-32,35-45,47,49-53,55,57-61,63,65-66H2,1-2H3,(H,71,75)/b34-33-,48-46+,56-54+,64-62+. The van der Waals surface area contributed by atoms with Crippen molar-refractivity contribution in [1.29, 1.82) is 0 Å². The third kappa shape index (κ3) is 61.4. The molecule has 4 N–H and O–H groups in total. The van der Waals surface area contributed by atoms with Gasteiger partial charge in [-0.15, -0.1) is 0 Å². The van der Waals surface area contributed by atoms with Gasteiger partial charge in [-0.25, -0.2) is 0 Å². The smallest absolute Gasteiger partial charge is 0.222 e. The minimum absolute atomic E-state index is 0.00366. The highest BCUT2D eigenvalue weighted by Gasteiger charge is 2.20. The topological polar surface area (TPSA) is 89.8 Å². The molecule has 0 aliphatic heterocycles. The number of carbonyl (C=O) groups is 1. The van der Waals surface area contributed by atoms with Crippen LogP contribution >= 0.6 is 0 Å². The van der Waals surface area contributed by atoms with Crippen LogP contribution < -0.4 is 5.32 Å². The number of rotatable bonds is 63. The van der Waals surface area contributed by atoms with Crippen LogP contribution in [-0.4, -0.2) is 46.1 Å². The molecule has 0 aromatic carbocycles. The van der Waals surface area contributed by atoms with Gasteiger partial charge in [0.25, 0.3) is 0 Å². The van der Waals surface area contributed by atoms with Crippen LogP contribution in [0.4, 0.5) is 0 Å². The van der Waals surface area contributed by atoms with Crippen molar-refractivity contribution >= 4 is 5.91 Å². The van der Waals surface area contributed by atoms with Crippen LogP contribution in [0.2, 0.25) is 0 Å². The number of hydrogen-bond donors (Lipinski definition) is 4. The molecule has 5 nitrogen and oxygen atoms in total. The van der Waals surface area contributed by atoms with E-state index in [9.17, 15) is 20.1 Å². The van der Waals surface area contributed by atoms with E-state index in [-0.39, 0.29) is 18.9 Å². The maximum absolute atomic E-state index is 12.6. The predicted octanol–water partition coefficient (Wildman–Crippen LogP) is 21.9. The fourth-order valence-electron chi connectivity index (χ4n) is 10.7. The molecule has 0 aliphatic rings. The lowest BCUT2D eigenvalue weighted by Crippen LogP contribution is -2.45. The van der Waals surface area contributed by atoms with E-state index >= 15 is 0 Å². The molecule has 0 radical (unpaired) electrons. The van der Waals surface area contributed by atoms with Crippen LogP contribution in [0.3, 0.4) is 0 Å². The molecule has 442 valence electrons. The number of allylic oxidation sites excluding steroid dienone is 7. The molecule has 0 aromatic heterocycles. The molecule has 0 aromatic rings. The Hall–Kier alpha value is -1.69. The Balaban J connectivity index is 3.54. The summed E-state index contributed by atoms with van der Waals surface area (Å²) in [5.41, 5.74) is 0. The Morgan fingerprint density at radius 3 is 0.853 bits per heavy atom. The van der Waals surface area contributed by atoms with Crippen LogP contribution in [0.1, 0.15) is 367 Å². The lowest BCUT2D eigenvalue weighted by Gasteiger charge is -2.21. The number of aliphatic hydroxyl groups is 3. The Kier molecular flexibility index (Phi) is 63.4. The molecular formula is C70H133NO4. The fourth-order valence-corrected chi connectivity index (χ4v) is 10.7. The first-order valence-corrected chi connectivity index (χ1v) is 33.9. The Morgan fingerprint density at radius 1 is 0.333 bits per heavy atom. The van der Waals surface area contributed by atoms with E-state index in [0.29, 0.717) is 6.42 Å². The highest BCUT2D eigenvalue weighted by atomic mass is 16.3. The number of aliphatic hydroxyl groups excluding tert-OH is 3. The summed E-state index contributed by atoms with van der Waals surface area (Å²) >= 11 is 0. The molecule has 0 bridgehead atoms. The minimum Gasteiger partial charge on any atom is -0.394 e. The van der Waals surface area contributed by atoms with Crippen molar-refractivity contribution in [2.24, 2.45) is 0 Å². The molecular weight excluding hydrogens is 919 g/mol. The van der Waals surface area contributed by atoms with E-state index in [0.717, 1.165) is 38.5 Å². The molecule has 0 fully saturated rings. The third-order valence-corrected chi connectivity index (χ3v) is 15.8. The SMILES string of the molecule is CCCCCCCCCCCCCCCCC/C=C/CC/C=C/CC/C=C/C(O)C(CO)NC(=O)CC(O)CCCCCCCCCCCCCCCCC/C=C\CCCCCCCCCCCCCCCCCC. The Labute approximate surface area is 469 Å². The number of unbranched alkanes of at least 4 members (excludes halogenated alkanes) is 48. The van der Waals surface area contributed by atoms with E-state index in [4.69, 9.17) is 0 Å². The molecule has 5 heteroatoms. The molecule has 0 saturated heterocycles. The van der Waals surface area contributed by atoms with Gasteiger partial charge in [0.2, 0.25) is 5.91 Å². The van der Waals surface area contributed by atoms with E-state index in [1.54, 1.807) is 6.08 Å². The molecule has 75 heavy (non-hydrogen) atoms. The van der Waals surface area contributed by atoms with E-state index in [1.807, 2.05) is 6.08 Å². The average molecular weight is 1050 g/mol. The van der Waals surface area contributed by atoms with Gasteiger partial charge >= 0.3 is 0 Å². The zero-order chi connectivity index (χ0) is 54.3. The number of amides is 1. The highest BCUT2D eigenvalue weighted by Crippen LogP contribution is 2.18. The second-order valence-corrected chi connectivity index (χ2v) is 23.4. The van der Waals surface area contributed by atoms with Gasteiger partial charge in [-0.1, -0.05) is 339 Å². The summed E-state index contributed by atoms with van der Waals surface area (Å²) in [7, 11) is 0. The maximum atomic E-state index is 12.6. The number of carbonyl (C=O) groups excluding carboxylic acids is 1. The summed E-state index contributed by atoms with van der Waals surface area (Å²) in [6.45, 7) is 4.24. The van der Waals surface area contributed by atoms with Gasteiger partial charge in [0, 0.05) is 0 Å². The third-order valence-electron chi connectivity index (χ3n) is 15.8. The van der Waals surface area contributed by atoms with Crippen molar-refractivity contribution in [2.75, 3.05) is 6.61 Å². The summed E-state index contributed by atoms with van der Waals surface area (Å²) in [6, 6.07) is -0.770. The average Bonchev–Trinajstić information content (AvgIpc) is 3.41. The van der Waals surface area contributed by atoms with Crippen LogP contribution in [0.5, 0.6) is 0 Å². The summed E-state index contributed by atoms with van der Waals surface area (Å²) in [5.74, 6) is -0.324. The molecule has 0 spiro atoms. The summed E-state index contributed by atoms with van der Waals surface area (Å²) in [6.07, 6.45) is 87.9. The van der Waals surface area contributed by atoms with Gasteiger partial charge in [0.1, 0.15) is 0 Å². The first-order valence-electron chi connectivity index (χ1n) is 33.9. The molecule has 0 heterocycles. The molecule has 3 atom stereocenters. The van der Waals surface area contributed by atoms with Crippen molar-refractivity contribution in [3.8, 4) is 0 Å². The van der Waals surface area contributed by atoms with Gasteiger partial charge in [0.15, 0.2) is 0 Å². The number of hydrogen-bond acceptors (Lipinski definition) is 4. The Bertz CT molecular complexity index is 1210. The molecule has 0 aliphatic carbocycles. The normalized spacial score (nSPS) is 13.4. The van der Waals surface area contributed by atoms with Gasteiger partial charge in [-0.3, -0.25) is 4.79 Å². The molecule has 0 saturated carbocycles. The molecule has 3 unspecified atom stereocenters. The van der Waals surface area contributed by atoms with E-state index < -0.39 is 18.2 Å². The van der Waals surface area contributed by atoms with Crippen molar-refractivity contribution in [3.63, 3.8) is 0 Å². The zero-order valence-electron chi connectivity index (χ0n) is 50.7. The molecule has 0 rings (SSSR count). The van der Waals surface area contributed by atoms with Gasteiger partial charge in [0.05, 0.1) is 31.3 Å². The first kappa shape index (κ1) is 73.3. The van der Waals surface area contributed by atoms with Crippen LogP contribution in [0, 0.1) is 0 Å².